The molecule has 1 amide bonds. The molecular weight excluding hydrogens is 372 g/mol. The molecule has 0 bridgehead atoms. The van der Waals surface area contributed by atoms with Gasteiger partial charge in [0.15, 0.2) is 0 Å². The Labute approximate surface area is 169 Å². The van der Waals surface area contributed by atoms with Crippen LogP contribution in [-0.4, -0.2) is 10.9 Å². The molecule has 0 saturated heterocycles. The zero-order valence-electron chi connectivity index (χ0n) is 15.9. The third-order valence-corrected chi connectivity index (χ3v) is 6.46. The summed E-state index contributed by atoms with van der Waals surface area (Å²) in [5.41, 5.74) is 7.09. The van der Waals surface area contributed by atoms with Gasteiger partial charge in [-0.25, -0.2) is 4.98 Å². The second kappa shape index (κ2) is 9.20. The van der Waals surface area contributed by atoms with Gasteiger partial charge in [-0.05, 0) is 37.5 Å². The van der Waals surface area contributed by atoms with Crippen molar-refractivity contribution in [1.29, 1.82) is 0 Å². The van der Waals surface area contributed by atoms with E-state index in [-0.39, 0.29) is 5.91 Å². The molecule has 0 aliphatic carbocycles. The fourth-order valence-electron chi connectivity index (χ4n) is 2.66. The molecule has 0 aliphatic heterocycles. The molecule has 1 N–H and O–H groups in total. The van der Waals surface area contributed by atoms with E-state index in [4.69, 9.17) is 0 Å². The number of hydrogen-bond donors (Lipinski definition) is 1. The fraction of sp³-hybridized carbons (Fsp3) is 0.273. The van der Waals surface area contributed by atoms with Gasteiger partial charge in [0.2, 0.25) is 5.91 Å². The van der Waals surface area contributed by atoms with E-state index in [0.717, 1.165) is 21.3 Å². The highest BCUT2D eigenvalue weighted by Crippen LogP contribution is 2.28. The van der Waals surface area contributed by atoms with Crippen LogP contribution in [0.25, 0.3) is 0 Å². The van der Waals surface area contributed by atoms with E-state index >= 15 is 0 Å². The maximum Gasteiger partial charge on any atom is 0.226 e. The summed E-state index contributed by atoms with van der Waals surface area (Å²) in [6.07, 6.45) is 0.326. The number of carbonyl (C=O) groups excluding carboxylic acids is 1. The molecule has 27 heavy (non-hydrogen) atoms. The molecule has 140 valence electrons. The summed E-state index contributed by atoms with van der Waals surface area (Å²) in [5, 5.41) is 4.95. The highest BCUT2D eigenvalue weighted by Gasteiger charge is 2.09. The largest absolute Gasteiger partial charge is 0.352 e. The first-order chi connectivity index (χ1) is 13.0. The minimum absolute atomic E-state index is 0.00644. The van der Waals surface area contributed by atoms with Crippen LogP contribution in [0.3, 0.4) is 0 Å². The van der Waals surface area contributed by atoms with Crippen molar-refractivity contribution in [3.8, 4) is 0 Å². The van der Waals surface area contributed by atoms with Crippen molar-refractivity contribution >= 4 is 29.0 Å². The van der Waals surface area contributed by atoms with Gasteiger partial charge >= 0.3 is 0 Å². The Morgan fingerprint density at radius 3 is 2.59 bits per heavy atom. The maximum atomic E-state index is 12.2. The van der Waals surface area contributed by atoms with Crippen molar-refractivity contribution in [2.75, 3.05) is 0 Å². The van der Waals surface area contributed by atoms with Crippen LogP contribution in [-0.2, 0) is 23.5 Å². The van der Waals surface area contributed by atoms with E-state index in [1.807, 2.05) is 17.5 Å². The van der Waals surface area contributed by atoms with Gasteiger partial charge in [-0.1, -0.05) is 65.4 Å². The molecule has 0 unspecified atom stereocenters. The van der Waals surface area contributed by atoms with Crippen LogP contribution >= 0.6 is 23.1 Å². The van der Waals surface area contributed by atoms with Crippen molar-refractivity contribution in [1.82, 2.24) is 10.3 Å². The first-order valence-electron chi connectivity index (χ1n) is 8.95. The number of thiazole rings is 1. The lowest BCUT2D eigenvalue weighted by atomic mass is 10.1. The van der Waals surface area contributed by atoms with Crippen LogP contribution in [0.4, 0.5) is 0 Å². The van der Waals surface area contributed by atoms with Gasteiger partial charge in [-0.2, -0.15) is 0 Å². The predicted molar refractivity (Wildman–Crippen MR) is 114 cm³/mol. The van der Waals surface area contributed by atoms with E-state index in [1.165, 1.54) is 22.3 Å². The minimum atomic E-state index is 0.00644. The number of rotatable bonds is 7. The Kier molecular flexibility index (Phi) is 6.69. The van der Waals surface area contributed by atoms with Crippen molar-refractivity contribution in [2.24, 2.45) is 0 Å². The summed E-state index contributed by atoms with van der Waals surface area (Å²) < 4.78 is 1.01. The molecule has 3 nitrogen and oxygen atoms in total. The summed E-state index contributed by atoms with van der Waals surface area (Å²) in [6.45, 7) is 6.86. The van der Waals surface area contributed by atoms with Crippen LogP contribution in [0, 0.1) is 20.8 Å². The third-order valence-electron chi connectivity index (χ3n) is 4.34. The third kappa shape index (κ3) is 5.94. The number of carbonyl (C=O) groups is 1. The molecule has 1 heterocycles. The molecule has 0 aliphatic rings. The summed E-state index contributed by atoms with van der Waals surface area (Å²) in [7, 11) is 0. The Bertz CT molecular complexity index is 916. The van der Waals surface area contributed by atoms with Gasteiger partial charge < -0.3 is 5.32 Å². The van der Waals surface area contributed by atoms with E-state index in [2.05, 4.69) is 61.4 Å². The molecular formula is C22H24N2OS2. The standard InChI is InChI=1S/C22H24N2OS2/c1-15-5-8-18(9-6-15)12-23-21(25)11-20-14-27-22(24-20)26-13-19-10-16(2)4-7-17(19)3/h4-10,14H,11-13H2,1-3H3,(H,23,25). The average molecular weight is 397 g/mol. The van der Waals surface area contributed by atoms with Gasteiger partial charge in [0, 0.05) is 17.7 Å². The van der Waals surface area contributed by atoms with Crippen LogP contribution in [0.1, 0.15) is 33.5 Å². The smallest absolute Gasteiger partial charge is 0.226 e. The Hall–Kier alpha value is -2.11. The number of aryl methyl sites for hydroxylation is 3. The molecule has 0 spiro atoms. The highest BCUT2D eigenvalue weighted by molar-refractivity contribution is 8.00. The normalized spacial score (nSPS) is 10.8. The average Bonchev–Trinajstić information content (AvgIpc) is 3.09. The summed E-state index contributed by atoms with van der Waals surface area (Å²) in [4.78, 5) is 16.8. The zero-order chi connectivity index (χ0) is 19.2. The zero-order valence-corrected chi connectivity index (χ0v) is 17.5. The lowest BCUT2D eigenvalue weighted by Gasteiger charge is -2.05. The topological polar surface area (TPSA) is 42.0 Å². The van der Waals surface area contributed by atoms with Crippen molar-refractivity contribution < 1.29 is 4.79 Å². The number of thioether (sulfide) groups is 1. The molecule has 3 rings (SSSR count). The lowest BCUT2D eigenvalue weighted by Crippen LogP contribution is -2.24. The second-order valence-electron chi connectivity index (χ2n) is 6.76. The molecule has 0 atom stereocenters. The minimum Gasteiger partial charge on any atom is -0.352 e. The summed E-state index contributed by atoms with van der Waals surface area (Å²) in [6, 6.07) is 14.7. The van der Waals surface area contributed by atoms with Gasteiger partial charge in [0.05, 0.1) is 12.1 Å². The molecule has 1 aromatic heterocycles. The van der Waals surface area contributed by atoms with E-state index in [0.29, 0.717) is 13.0 Å². The van der Waals surface area contributed by atoms with Gasteiger partial charge in [-0.15, -0.1) is 11.3 Å². The monoisotopic (exact) mass is 396 g/mol. The molecule has 0 radical (unpaired) electrons. The van der Waals surface area contributed by atoms with Crippen molar-refractivity contribution in [2.45, 2.75) is 43.8 Å². The summed E-state index contributed by atoms with van der Waals surface area (Å²) in [5.74, 6) is 0.909. The van der Waals surface area contributed by atoms with Crippen molar-refractivity contribution in [3.05, 3.63) is 81.4 Å². The van der Waals surface area contributed by atoms with Crippen LogP contribution < -0.4 is 5.32 Å². The quantitative estimate of drug-likeness (QED) is 0.557. The lowest BCUT2D eigenvalue weighted by molar-refractivity contribution is -0.120. The SMILES string of the molecule is Cc1ccc(CNC(=O)Cc2csc(SCc3cc(C)ccc3C)n2)cc1. The molecule has 2 aromatic carbocycles. The molecule has 5 heteroatoms. The number of amides is 1. The maximum absolute atomic E-state index is 12.2. The van der Waals surface area contributed by atoms with E-state index in [9.17, 15) is 4.79 Å². The number of aromatic nitrogens is 1. The number of benzene rings is 2. The van der Waals surface area contributed by atoms with Crippen LogP contribution in [0.5, 0.6) is 0 Å². The number of nitrogens with zero attached hydrogens (tertiary/aromatic N) is 1. The van der Waals surface area contributed by atoms with Crippen molar-refractivity contribution in [3.63, 3.8) is 0 Å². The summed E-state index contributed by atoms with van der Waals surface area (Å²) >= 11 is 3.34. The molecule has 0 saturated carbocycles. The number of nitrogens with one attached hydrogen (secondary N) is 1. The molecule has 0 fully saturated rings. The Morgan fingerprint density at radius 2 is 1.81 bits per heavy atom. The first-order valence-corrected chi connectivity index (χ1v) is 10.8. The van der Waals surface area contributed by atoms with E-state index < -0.39 is 0 Å². The van der Waals surface area contributed by atoms with Crippen LogP contribution in [0.15, 0.2) is 52.2 Å². The van der Waals surface area contributed by atoms with Crippen LogP contribution in [0.2, 0.25) is 0 Å². The van der Waals surface area contributed by atoms with Gasteiger partial charge in [-0.3, -0.25) is 4.79 Å². The fourth-order valence-corrected chi connectivity index (χ4v) is 4.57. The predicted octanol–water partition coefficient (Wildman–Crippen LogP) is 5.22. The Balaban J connectivity index is 1.49. The highest BCUT2D eigenvalue weighted by atomic mass is 32.2. The van der Waals surface area contributed by atoms with E-state index in [1.54, 1.807) is 23.1 Å². The first kappa shape index (κ1) is 19.6. The van der Waals surface area contributed by atoms with Gasteiger partial charge in [0.25, 0.3) is 0 Å². The Morgan fingerprint density at radius 1 is 1.07 bits per heavy atom. The number of hydrogen-bond acceptors (Lipinski definition) is 4. The molecule has 3 aromatic rings. The van der Waals surface area contributed by atoms with Gasteiger partial charge in [0.1, 0.15) is 4.34 Å². The second-order valence-corrected chi connectivity index (χ2v) is 8.84.